The molecule has 23 heavy (non-hydrogen) atoms. The van der Waals surface area contributed by atoms with Crippen LogP contribution in [-0.2, 0) is 0 Å². The van der Waals surface area contributed by atoms with Gasteiger partial charge in [-0.05, 0) is 17.7 Å². The number of nitrogens with one attached hydrogen (secondary N) is 1. The second kappa shape index (κ2) is 9.28. The maximum Gasteiger partial charge on any atom is 0.208 e. The summed E-state index contributed by atoms with van der Waals surface area (Å²) < 4.78 is 11.0. The van der Waals surface area contributed by atoms with E-state index in [1.807, 2.05) is 0 Å². The molecule has 0 bridgehead atoms. The predicted molar refractivity (Wildman–Crippen MR) is 95.2 cm³/mol. The van der Waals surface area contributed by atoms with Gasteiger partial charge in [-0.15, -0.1) is 23.2 Å². The van der Waals surface area contributed by atoms with Gasteiger partial charge in [0.2, 0.25) is 5.88 Å². The first-order valence-corrected chi connectivity index (χ1v) is 8.39. The number of aromatic amines is 1. The number of hydrogen-bond acceptors (Lipinski definition) is 3. The summed E-state index contributed by atoms with van der Waals surface area (Å²) in [5.41, 5.74) is 0.793. The maximum absolute atomic E-state index is 6.19. The van der Waals surface area contributed by atoms with Crippen LogP contribution in [0.4, 0.5) is 0 Å². The van der Waals surface area contributed by atoms with E-state index in [2.05, 4.69) is 10.2 Å². The second-order valence-electron chi connectivity index (χ2n) is 4.48. The topological polar surface area (TPSA) is 47.1 Å². The third-order valence-corrected chi connectivity index (χ3v) is 3.58. The lowest BCUT2D eigenvalue weighted by atomic mass is 10.2. The van der Waals surface area contributed by atoms with Crippen LogP contribution in [0.1, 0.15) is 12.0 Å². The number of alkyl halides is 2. The van der Waals surface area contributed by atoms with Crippen molar-refractivity contribution in [1.29, 1.82) is 0 Å². The Labute approximate surface area is 154 Å². The summed E-state index contributed by atoms with van der Waals surface area (Å²) >= 11 is 23.7. The van der Waals surface area contributed by atoms with Crippen molar-refractivity contribution in [3.05, 3.63) is 46.1 Å². The summed E-state index contributed by atoms with van der Waals surface area (Å²) in [4.78, 5) is -0.585. The molecule has 124 valence electrons. The summed E-state index contributed by atoms with van der Waals surface area (Å²) in [7, 11) is 0. The van der Waals surface area contributed by atoms with Gasteiger partial charge in [-0.1, -0.05) is 35.4 Å². The van der Waals surface area contributed by atoms with Gasteiger partial charge in [-0.3, -0.25) is 0 Å². The molecule has 0 aliphatic heterocycles. The van der Waals surface area contributed by atoms with Crippen molar-refractivity contribution in [3.63, 3.8) is 0 Å². The molecule has 1 aromatic heterocycles. The third-order valence-electron chi connectivity index (χ3n) is 2.72. The van der Waals surface area contributed by atoms with Crippen LogP contribution >= 0.6 is 46.4 Å². The van der Waals surface area contributed by atoms with E-state index in [1.54, 1.807) is 36.5 Å². The Morgan fingerprint density at radius 3 is 2.43 bits per heavy atom. The Balaban J connectivity index is 1.85. The fraction of sp³-hybridized carbons (Fsp3) is 0.267. The molecule has 8 heteroatoms. The number of ether oxygens (including phenoxy) is 2. The fourth-order valence-electron chi connectivity index (χ4n) is 1.74. The number of nitrogens with zero attached hydrogens (tertiary/aromatic N) is 1. The van der Waals surface area contributed by atoms with Gasteiger partial charge in [0, 0.05) is 12.5 Å². The summed E-state index contributed by atoms with van der Waals surface area (Å²) in [6, 6.07) is 5.21. The largest absolute Gasteiger partial charge is 0.490 e. The van der Waals surface area contributed by atoms with Gasteiger partial charge >= 0.3 is 0 Å². The van der Waals surface area contributed by atoms with E-state index in [4.69, 9.17) is 55.9 Å². The minimum atomic E-state index is -0.585. The minimum Gasteiger partial charge on any atom is -0.490 e. The van der Waals surface area contributed by atoms with Gasteiger partial charge in [-0.25, -0.2) is 5.10 Å². The summed E-state index contributed by atoms with van der Waals surface area (Å²) in [6.07, 6.45) is 5.66. The van der Waals surface area contributed by atoms with Crippen molar-refractivity contribution in [2.45, 2.75) is 11.3 Å². The van der Waals surface area contributed by atoms with E-state index in [0.29, 0.717) is 41.3 Å². The molecule has 0 radical (unpaired) electrons. The van der Waals surface area contributed by atoms with Gasteiger partial charge in [0.05, 0.1) is 29.5 Å². The Bertz CT molecular complexity index is 622. The highest BCUT2D eigenvalue weighted by molar-refractivity contribution is 6.45. The highest BCUT2D eigenvalue weighted by Crippen LogP contribution is 2.34. The number of allylic oxidation sites excluding steroid dienone is 1. The van der Waals surface area contributed by atoms with Crippen LogP contribution in [0.5, 0.6) is 11.6 Å². The van der Waals surface area contributed by atoms with Crippen LogP contribution in [-0.4, -0.2) is 28.2 Å². The van der Waals surface area contributed by atoms with Crippen LogP contribution in [0, 0.1) is 0 Å². The smallest absolute Gasteiger partial charge is 0.208 e. The molecule has 0 fully saturated rings. The molecule has 0 aliphatic rings. The van der Waals surface area contributed by atoms with Gasteiger partial charge in [0.1, 0.15) is 4.84 Å². The molecule has 0 amide bonds. The van der Waals surface area contributed by atoms with Gasteiger partial charge in [0.25, 0.3) is 0 Å². The lowest BCUT2D eigenvalue weighted by molar-refractivity contribution is 0.242. The lowest BCUT2D eigenvalue weighted by Crippen LogP contribution is -2.05. The van der Waals surface area contributed by atoms with E-state index in [-0.39, 0.29) is 0 Å². The molecule has 0 saturated carbocycles. The SMILES string of the molecule is Clc1cc(C=CC(Cl)Cl)cc(Cl)c1OCCCOc1ccn[nH]1. The molecular formula is C15H14Cl4N2O2. The highest BCUT2D eigenvalue weighted by Gasteiger charge is 2.09. The van der Waals surface area contributed by atoms with E-state index < -0.39 is 4.84 Å². The highest BCUT2D eigenvalue weighted by atomic mass is 35.5. The predicted octanol–water partition coefficient (Wildman–Crippen LogP) is 5.38. The molecular weight excluding hydrogens is 382 g/mol. The molecule has 1 aromatic carbocycles. The zero-order valence-corrected chi connectivity index (χ0v) is 15.0. The number of hydrogen-bond donors (Lipinski definition) is 1. The maximum atomic E-state index is 6.19. The molecule has 0 spiro atoms. The van der Waals surface area contributed by atoms with Crippen molar-refractivity contribution >= 4 is 52.5 Å². The Morgan fingerprint density at radius 1 is 1.13 bits per heavy atom. The first-order valence-electron chi connectivity index (χ1n) is 6.76. The number of H-pyrrole nitrogens is 1. The Hall–Kier alpha value is -1.07. The second-order valence-corrected chi connectivity index (χ2v) is 6.46. The normalized spacial score (nSPS) is 11.3. The van der Waals surface area contributed by atoms with E-state index in [1.165, 1.54) is 0 Å². The molecule has 1 heterocycles. The molecule has 2 aromatic rings. The van der Waals surface area contributed by atoms with Crippen LogP contribution in [0.3, 0.4) is 0 Å². The van der Waals surface area contributed by atoms with Crippen molar-refractivity contribution in [2.75, 3.05) is 13.2 Å². The molecule has 1 N–H and O–H groups in total. The Kier molecular flexibility index (Phi) is 7.37. The van der Waals surface area contributed by atoms with Crippen molar-refractivity contribution in [3.8, 4) is 11.6 Å². The fourth-order valence-corrected chi connectivity index (χ4v) is 2.49. The number of benzene rings is 1. The van der Waals surface area contributed by atoms with E-state index >= 15 is 0 Å². The standard InChI is InChI=1S/C15H14Cl4N2O2/c16-11-8-10(2-3-13(18)19)9-12(17)15(11)23-7-1-6-22-14-4-5-20-21-14/h2-5,8-9,13H,1,6-7H2,(H,20,21). The quantitative estimate of drug-likeness (QED) is 0.482. The van der Waals surface area contributed by atoms with Gasteiger partial charge < -0.3 is 9.47 Å². The molecule has 0 aliphatic carbocycles. The molecule has 4 nitrogen and oxygen atoms in total. The average molecular weight is 396 g/mol. The van der Waals surface area contributed by atoms with Crippen LogP contribution < -0.4 is 9.47 Å². The number of halogens is 4. The van der Waals surface area contributed by atoms with Gasteiger partial charge in [-0.2, -0.15) is 5.10 Å². The van der Waals surface area contributed by atoms with Crippen LogP contribution in [0.25, 0.3) is 6.08 Å². The molecule has 2 rings (SSSR count). The van der Waals surface area contributed by atoms with Crippen molar-refractivity contribution in [1.82, 2.24) is 10.2 Å². The van der Waals surface area contributed by atoms with Crippen LogP contribution in [0.2, 0.25) is 10.0 Å². The first kappa shape index (κ1) is 18.3. The lowest BCUT2D eigenvalue weighted by Gasteiger charge is -2.11. The molecule has 0 saturated heterocycles. The zero-order valence-electron chi connectivity index (χ0n) is 11.9. The zero-order chi connectivity index (χ0) is 16.7. The Morgan fingerprint density at radius 2 is 1.83 bits per heavy atom. The first-order chi connectivity index (χ1) is 11.1. The molecule has 0 unspecified atom stereocenters. The molecule has 0 atom stereocenters. The minimum absolute atomic E-state index is 0.423. The summed E-state index contributed by atoms with van der Waals surface area (Å²) in [5.74, 6) is 1.06. The van der Waals surface area contributed by atoms with Crippen molar-refractivity contribution < 1.29 is 9.47 Å². The van der Waals surface area contributed by atoms with E-state index in [9.17, 15) is 0 Å². The van der Waals surface area contributed by atoms with E-state index in [0.717, 1.165) is 5.56 Å². The summed E-state index contributed by atoms with van der Waals surface area (Å²) in [6.45, 7) is 0.916. The number of aromatic nitrogens is 2. The van der Waals surface area contributed by atoms with Crippen molar-refractivity contribution in [2.24, 2.45) is 0 Å². The average Bonchev–Trinajstić information content (AvgIpc) is 3.00. The van der Waals surface area contributed by atoms with Gasteiger partial charge in [0.15, 0.2) is 5.75 Å². The van der Waals surface area contributed by atoms with Crippen LogP contribution in [0.15, 0.2) is 30.5 Å². The number of rotatable bonds is 8. The summed E-state index contributed by atoms with van der Waals surface area (Å²) in [5, 5.41) is 7.34. The third kappa shape index (κ3) is 6.15. The monoisotopic (exact) mass is 394 g/mol.